The fourth-order valence-electron chi connectivity index (χ4n) is 2.58. The van der Waals surface area contributed by atoms with Crippen LogP contribution in [0, 0.1) is 0 Å². The van der Waals surface area contributed by atoms with Gasteiger partial charge in [0.2, 0.25) is 0 Å². The number of fused-ring (bicyclic) bond motifs is 1. The highest BCUT2D eigenvalue weighted by Crippen LogP contribution is 2.14. The van der Waals surface area contributed by atoms with Crippen LogP contribution in [0.2, 0.25) is 0 Å². The Morgan fingerprint density at radius 1 is 0.962 bits per heavy atom. The van der Waals surface area contributed by atoms with Crippen molar-refractivity contribution in [1.29, 1.82) is 0 Å². The van der Waals surface area contributed by atoms with Crippen molar-refractivity contribution < 1.29 is 4.79 Å². The molecule has 0 fully saturated rings. The highest BCUT2D eigenvalue weighted by Gasteiger charge is 2.11. The highest BCUT2D eigenvalue weighted by atomic mass is 16.2. The molecule has 0 aliphatic rings. The van der Waals surface area contributed by atoms with Gasteiger partial charge in [-0.15, -0.1) is 0 Å². The number of hydrogen-bond donors (Lipinski definition) is 3. The first-order valence-electron chi connectivity index (χ1n) is 7.79. The van der Waals surface area contributed by atoms with Crippen LogP contribution in [0.5, 0.6) is 0 Å². The van der Waals surface area contributed by atoms with Crippen LogP contribution in [0.4, 0.5) is 5.69 Å². The maximum absolute atomic E-state index is 12.3. The van der Waals surface area contributed by atoms with Crippen molar-refractivity contribution in [3.63, 3.8) is 0 Å². The molecule has 0 saturated carbocycles. The van der Waals surface area contributed by atoms with E-state index >= 15 is 0 Å². The van der Waals surface area contributed by atoms with Gasteiger partial charge < -0.3 is 10.3 Å². The van der Waals surface area contributed by atoms with Gasteiger partial charge in [-0.3, -0.25) is 19.1 Å². The zero-order chi connectivity index (χ0) is 18.1. The van der Waals surface area contributed by atoms with E-state index < -0.39 is 11.2 Å². The summed E-state index contributed by atoms with van der Waals surface area (Å²) in [5.41, 5.74) is 1.62. The molecule has 128 valence electrons. The topological polar surface area (TPSA) is 113 Å². The second-order valence-electron chi connectivity index (χ2n) is 5.58. The molecule has 0 bridgehead atoms. The number of para-hydroxylation sites is 2. The third-order valence-corrected chi connectivity index (χ3v) is 3.83. The summed E-state index contributed by atoms with van der Waals surface area (Å²) in [6.45, 7) is 0. The van der Waals surface area contributed by atoms with Gasteiger partial charge in [0.15, 0.2) is 5.82 Å². The number of anilines is 1. The van der Waals surface area contributed by atoms with Crippen LogP contribution in [0.1, 0.15) is 10.6 Å². The number of aromatic amines is 2. The third kappa shape index (κ3) is 2.91. The average molecular weight is 347 g/mol. The maximum atomic E-state index is 12.3. The Morgan fingerprint density at radius 3 is 2.46 bits per heavy atom. The van der Waals surface area contributed by atoms with Gasteiger partial charge in [-0.2, -0.15) is 0 Å². The Balaban J connectivity index is 1.56. The third-order valence-electron chi connectivity index (χ3n) is 3.83. The molecule has 3 N–H and O–H groups in total. The Kier molecular flexibility index (Phi) is 3.70. The normalized spacial score (nSPS) is 10.8. The molecule has 0 radical (unpaired) electrons. The number of carbonyl (C=O) groups is 1. The molecule has 0 saturated heterocycles. The average Bonchev–Trinajstić information content (AvgIpc) is 3.07. The molecule has 0 spiro atoms. The summed E-state index contributed by atoms with van der Waals surface area (Å²) in [5.74, 6) is -0.151. The van der Waals surface area contributed by atoms with E-state index in [0.29, 0.717) is 16.9 Å². The summed E-state index contributed by atoms with van der Waals surface area (Å²) in [5, 5.41) is 2.74. The van der Waals surface area contributed by atoms with Crippen molar-refractivity contribution in [2.45, 2.75) is 0 Å². The minimum absolute atomic E-state index is 0.215. The van der Waals surface area contributed by atoms with E-state index in [0.717, 1.165) is 5.52 Å². The van der Waals surface area contributed by atoms with E-state index in [4.69, 9.17) is 0 Å². The molecule has 8 nitrogen and oxygen atoms in total. The summed E-state index contributed by atoms with van der Waals surface area (Å²) < 4.78 is 1.30. The zero-order valence-corrected chi connectivity index (χ0v) is 13.4. The standard InChI is InChI=1S/C18H13N5O3/c24-15-9-10-23(18(26)22-15)12-7-5-11(6-8-12)19-17(25)16-20-13-3-1-2-4-14(13)21-16/h1-10H,(H,19,25)(H,20,21)(H,22,24,26). The van der Waals surface area contributed by atoms with E-state index in [2.05, 4.69) is 20.3 Å². The van der Waals surface area contributed by atoms with Crippen LogP contribution < -0.4 is 16.6 Å². The van der Waals surface area contributed by atoms with E-state index in [1.165, 1.54) is 16.8 Å². The van der Waals surface area contributed by atoms with Crippen molar-refractivity contribution in [2.75, 3.05) is 5.32 Å². The smallest absolute Gasteiger partial charge is 0.332 e. The number of nitrogens with one attached hydrogen (secondary N) is 3. The summed E-state index contributed by atoms with van der Waals surface area (Å²) in [6.07, 6.45) is 1.39. The van der Waals surface area contributed by atoms with Crippen molar-refractivity contribution in [2.24, 2.45) is 0 Å². The van der Waals surface area contributed by atoms with Gasteiger partial charge in [0.1, 0.15) is 0 Å². The van der Waals surface area contributed by atoms with E-state index in [1.807, 2.05) is 24.3 Å². The first-order valence-corrected chi connectivity index (χ1v) is 7.79. The van der Waals surface area contributed by atoms with E-state index in [9.17, 15) is 14.4 Å². The number of aromatic nitrogens is 4. The lowest BCUT2D eigenvalue weighted by atomic mass is 10.2. The van der Waals surface area contributed by atoms with Gasteiger partial charge in [-0.1, -0.05) is 12.1 Å². The number of hydrogen-bond acceptors (Lipinski definition) is 4. The van der Waals surface area contributed by atoms with Gasteiger partial charge in [0, 0.05) is 18.0 Å². The van der Waals surface area contributed by atoms with Crippen LogP contribution >= 0.6 is 0 Å². The number of H-pyrrole nitrogens is 2. The van der Waals surface area contributed by atoms with Gasteiger partial charge in [0.25, 0.3) is 11.5 Å². The van der Waals surface area contributed by atoms with Crippen molar-refractivity contribution in [1.82, 2.24) is 19.5 Å². The Hall–Kier alpha value is -3.94. The molecule has 0 aliphatic heterocycles. The molecule has 0 atom stereocenters. The molecule has 0 aliphatic carbocycles. The molecule has 2 aromatic heterocycles. The molecule has 8 heteroatoms. The van der Waals surface area contributed by atoms with Crippen LogP contribution in [-0.4, -0.2) is 25.4 Å². The van der Waals surface area contributed by atoms with Gasteiger partial charge in [0.05, 0.1) is 16.7 Å². The molecule has 4 aromatic rings. The lowest BCUT2D eigenvalue weighted by Gasteiger charge is -2.07. The zero-order valence-electron chi connectivity index (χ0n) is 13.4. The molecule has 4 rings (SSSR count). The molecule has 2 heterocycles. The Bertz CT molecular complexity index is 1180. The van der Waals surface area contributed by atoms with Crippen LogP contribution in [-0.2, 0) is 0 Å². The molecule has 26 heavy (non-hydrogen) atoms. The first kappa shape index (κ1) is 15.6. The van der Waals surface area contributed by atoms with Gasteiger partial charge in [-0.25, -0.2) is 9.78 Å². The highest BCUT2D eigenvalue weighted by molar-refractivity contribution is 6.03. The second kappa shape index (κ2) is 6.17. The van der Waals surface area contributed by atoms with Crippen molar-refractivity contribution in [3.05, 3.63) is 87.5 Å². The van der Waals surface area contributed by atoms with Crippen LogP contribution in [0.15, 0.2) is 70.4 Å². The van der Waals surface area contributed by atoms with Gasteiger partial charge >= 0.3 is 5.69 Å². The number of imidazole rings is 1. The van der Waals surface area contributed by atoms with Crippen LogP contribution in [0.3, 0.4) is 0 Å². The summed E-state index contributed by atoms with van der Waals surface area (Å²) in [4.78, 5) is 44.7. The van der Waals surface area contributed by atoms with Gasteiger partial charge in [-0.05, 0) is 36.4 Å². The summed E-state index contributed by atoms with van der Waals surface area (Å²) >= 11 is 0. The SMILES string of the molecule is O=C(Nc1ccc(-n2ccc(=O)[nH]c2=O)cc1)c1nc2ccccc2[nH]1. The molecular formula is C18H13N5O3. The fraction of sp³-hybridized carbons (Fsp3) is 0. The first-order chi connectivity index (χ1) is 12.6. The Morgan fingerprint density at radius 2 is 1.73 bits per heavy atom. The molecular weight excluding hydrogens is 334 g/mol. The lowest BCUT2D eigenvalue weighted by molar-refractivity contribution is 0.101. The largest absolute Gasteiger partial charge is 0.334 e. The number of rotatable bonds is 3. The quantitative estimate of drug-likeness (QED) is 0.523. The number of amides is 1. The fourth-order valence-corrected chi connectivity index (χ4v) is 2.58. The maximum Gasteiger partial charge on any atom is 0.332 e. The predicted molar refractivity (Wildman–Crippen MR) is 96.7 cm³/mol. The molecule has 2 aromatic carbocycles. The van der Waals surface area contributed by atoms with Crippen LogP contribution in [0.25, 0.3) is 16.7 Å². The summed E-state index contributed by atoms with van der Waals surface area (Å²) in [6, 6.07) is 15.3. The van der Waals surface area contributed by atoms with Crippen molar-refractivity contribution >= 4 is 22.6 Å². The second-order valence-corrected chi connectivity index (χ2v) is 5.58. The number of nitrogens with zero attached hydrogens (tertiary/aromatic N) is 2. The monoisotopic (exact) mass is 347 g/mol. The molecule has 0 unspecified atom stereocenters. The minimum atomic E-state index is -0.531. The number of benzene rings is 2. The molecule has 1 amide bonds. The summed E-state index contributed by atoms with van der Waals surface area (Å²) in [7, 11) is 0. The number of carbonyl (C=O) groups excluding carboxylic acids is 1. The minimum Gasteiger partial charge on any atom is -0.334 e. The predicted octanol–water partition coefficient (Wildman–Crippen LogP) is 1.65. The Labute approximate surface area is 146 Å². The van der Waals surface area contributed by atoms with E-state index in [1.54, 1.807) is 24.3 Å². The lowest BCUT2D eigenvalue weighted by Crippen LogP contribution is -2.27. The van der Waals surface area contributed by atoms with E-state index in [-0.39, 0.29) is 11.7 Å². The van der Waals surface area contributed by atoms with Crippen molar-refractivity contribution in [3.8, 4) is 5.69 Å².